The van der Waals surface area contributed by atoms with E-state index in [4.69, 9.17) is 4.74 Å². The van der Waals surface area contributed by atoms with Gasteiger partial charge in [0.25, 0.3) is 0 Å². The van der Waals surface area contributed by atoms with Gasteiger partial charge in [0, 0.05) is 6.20 Å². The Morgan fingerprint density at radius 1 is 1.30 bits per heavy atom. The molecule has 0 unspecified atom stereocenters. The fourth-order valence-electron chi connectivity index (χ4n) is 2.44. The number of ketones is 1. The summed E-state index contributed by atoms with van der Waals surface area (Å²) in [6, 6.07) is 11.3. The van der Waals surface area contributed by atoms with Crippen LogP contribution >= 0.6 is 15.9 Å². The molecule has 0 N–H and O–H groups in total. The zero-order chi connectivity index (χ0) is 16.4. The number of imidazole rings is 1. The zero-order valence-electron chi connectivity index (χ0n) is 12.8. The SMILES string of the molecule is COc1cccc(/C=C/C(=O)c2c(C)nc3c(Br)cccn23)c1. The third-order valence-electron chi connectivity index (χ3n) is 3.53. The third kappa shape index (κ3) is 3.05. The van der Waals surface area contributed by atoms with E-state index in [0.29, 0.717) is 11.4 Å². The lowest BCUT2D eigenvalue weighted by molar-refractivity contribution is 0.104. The Bertz CT molecular complexity index is 913. The number of carbonyl (C=O) groups is 1. The van der Waals surface area contributed by atoms with Crippen LogP contribution in [0.4, 0.5) is 0 Å². The highest BCUT2D eigenvalue weighted by Crippen LogP contribution is 2.21. The predicted molar refractivity (Wildman–Crippen MR) is 94.0 cm³/mol. The van der Waals surface area contributed by atoms with Crippen molar-refractivity contribution in [1.29, 1.82) is 0 Å². The Morgan fingerprint density at radius 2 is 2.13 bits per heavy atom. The molecular weight excluding hydrogens is 356 g/mol. The molecule has 0 amide bonds. The summed E-state index contributed by atoms with van der Waals surface area (Å²) in [7, 11) is 1.62. The first-order valence-corrected chi connectivity index (χ1v) is 7.89. The lowest BCUT2D eigenvalue weighted by Gasteiger charge is -2.01. The maximum atomic E-state index is 12.6. The minimum Gasteiger partial charge on any atom is -0.497 e. The minimum absolute atomic E-state index is 0.0871. The second-order valence-corrected chi connectivity index (χ2v) is 5.92. The van der Waals surface area contributed by atoms with Crippen molar-refractivity contribution in [3.8, 4) is 5.75 Å². The monoisotopic (exact) mass is 370 g/mol. The number of ether oxygens (including phenoxy) is 1. The lowest BCUT2D eigenvalue weighted by Crippen LogP contribution is -2.02. The number of aryl methyl sites for hydroxylation is 1. The molecule has 116 valence electrons. The summed E-state index contributed by atoms with van der Waals surface area (Å²) in [5, 5.41) is 0. The van der Waals surface area contributed by atoms with E-state index in [-0.39, 0.29) is 5.78 Å². The summed E-state index contributed by atoms with van der Waals surface area (Å²) in [4.78, 5) is 17.0. The van der Waals surface area contributed by atoms with Gasteiger partial charge in [-0.05, 0) is 58.8 Å². The molecule has 2 aromatic heterocycles. The molecule has 23 heavy (non-hydrogen) atoms. The number of pyridine rings is 1. The molecule has 0 bridgehead atoms. The van der Waals surface area contributed by atoms with Crippen LogP contribution in [-0.2, 0) is 0 Å². The standard InChI is InChI=1S/C18H15BrN2O2/c1-12-17(21-10-4-7-15(19)18(21)20-12)16(22)9-8-13-5-3-6-14(11-13)23-2/h3-11H,1-2H3/b9-8+. The number of hydrogen-bond acceptors (Lipinski definition) is 3. The maximum Gasteiger partial charge on any atom is 0.204 e. The van der Waals surface area contributed by atoms with Crippen LogP contribution in [0.2, 0.25) is 0 Å². The average molecular weight is 371 g/mol. The normalized spacial score (nSPS) is 11.3. The fourth-order valence-corrected chi connectivity index (χ4v) is 2.87. The molecule has 3 aromatic rings. The maximum absolute atomic E-state index is 12.6. The molecule has 3 rings (SSSR count). The van der Waals surface area contributed by atoms with Gasteiger partial charge in [-0.3, -0.25) is 9.20 Å². The van der Waals surface area contributed by atoms with E-state index in [1.165, 1.54) is 0 Å². The summed E-state index contributed by atoms with van der Waals surface area (Å²) < 4.78 is 7.85. The lowest BCUT2D eigenvalue weighted by atomic mass is 10.1. The fraction of sp³-hybridized carbons (Fsp3) is 0.111. The van der Waals surface area contributed by atoms with Crippen molar-refractivity contribution >= 4 is 33.4 Å². The van der Waals surface area contributed by atoms with Gasteiger partial charge in [-0.25, -0.2) is 4.98 Å². The second-order valence-electron chi connectivity index (χ2n) is 5.07. The smallest absolute Gasteiger partial charge is 0.204 e. The van der Waals surface area contributed by atoms with Gasteiger partial charge in [-0.2, -0.15) is 0 Å². The molecule has 0 radical (unpaired) electrons. The molecule has 4 nitrogen and oxygen atoms in total. The van der Waals surface area contributed by atoms with Crippen molar-refractivity contribution in [2.45, 2.75) is 6.92 Å². The minimum atomic E-state index is -0.0871. The van der Waals surface area contributed by atoms with E-state index in [0.717, 1.165) is 21.4 Å². The molecule has 0 saturated heterocycles. The summed E-state index contributed by atoms with van der Waals surface area (Å²) in [6.07, 6.45) is 5.18. The van der Waals surface area contributed by atoms with Gasteiger partial charge >= 0.3 is 0 Å². The predicted octanol–water partition coefficient (Wildman–Crippen LogP) is 4.31. The first-order valence-electron chi connectivity index (χ1n) is 7.10. The molecule has 0 aliphatic heterocycles. The summed E-state index contributed by atoms with van der Waals surface area (Å²) in [5.74, 6) is 0.672. The van der Waals surface area contributed by atoms with Crippen molar-refractivity contribution < 1.29 is 9.53 Å². The number of aromatic nitrogens is 2. The Hall–Kier alpha value is -2.40. The first-order chi connectivity index (χ1) is 11.1. The van der Waals surface area contributed by atoms with Crippen molar-refractivity contribution in [2.24, 2.45) is 0 Å². The first kappa shape index (κ1) is 15.5. The number of halogens is 1. The van der Waals surface area contributed by atoms with Gasteiger partial charge in [0.1, 0.15) is 11.4 Å². The molecule has 0 spiro atoms. The van der Waals surface area contributed by atoms with Crippen LogP contribution in [0.15, 0.2) is 53.1 Å². The molecular formula is C18H15BrN2O2. The van der Waals surface area contributed by atoms with Crippen LogP contribution < -0.4 is 4.74 Å². The Labute approximate surface area is 142 Å². The summed E-state index contributed by atoms with van der Waals surface area (Å²) >= 11 is 3.46. The molecule has 0 atom stereocenters. The highest BCUT2D eigenvalue weighted by molar-refractivity contribution is 9.10. The van der Waals surface area contributed by atoms with E-state index in [2.05, 4.69) is 20.9 Å². The molecule has 0 aliphatic carbocycles. The number of allylic oxidation sites excluding steroid dienone is 1. The largest absolute Gasteiger partial charge is 0.497 e. The van der Waals surface area contributed by atoms with Gasteiger partial charge in [0.2, 0.25) is 5.78 Å². The number of methoxy groups -OCH3 is 1. The molecule has 0 aliphatic rings. The number of hydrogen-bond donors (Lipinski definition) is 0. The number of benzene rings is 1. The number of fused-ring (bicyclic) bond motifs is 1. The van der Waals surface area contributed by atoms with Crippen LogP contribution in [-0.4, -0.2) is 22.3 Å². The van der Waals surface area contributed by atoms with Crippen LogP contribution in [0, 0.1) is 6.92 Å². The Balaban J connectivity index is 1.96. The topological polar surface area (TPSA) is 43.6 Å². The van der Waals surface area contributed by atoms with Crippen LogP contribution in [0.1, 0.15) is 21.7 Å². The second kappa shape index (κ2) is 6.38. The molecule has 2 heterocycles. The zero-order valence-corrected chi connectivity index (χ0v) is 14.4. The van der Waals surface area contributed by atoms with Crippen molar-refractivity contribution in [2.75, 3.05) is 7.11 Å². The Morgan fingerprint density at radius 3 is 2.91 bits per heavy atom. The Kier molecular flexibility index (Phi) is 4.30. The van der Waals surface area contributed by atoms with Crippen molar-refractivity contribution in [1.82, 2.24) is 9.38 Å². The third-order valence-corrected chi connectivity index (χ3v) is 4.15. The van der Waals surface area contributed by atoms with Gasteiger partial charge in [0.15, 0.2) is 5.65 Å². The van der Waals surface area contributed by atoms with Crippen LogP contribution in [0.3, 0.4) is 0 Å². The number of carbonyl (C=O) groups excluding carboxylic acids is 1. The van der Waals surface area contributed by atoms with Crippen LogP contribution in [0.25, 0.3) is 11.7 Å². The van der Waals surface area contributed by atoms with Gasteiger partial charge in [0.05, 0.1) is 17.3 Å². The van der Waals surface area contributed by atoms with Gasteiger partial charge < -0.3 is 4.74 Å². The number of rotatable bonds is 4. The molecule has 0 saturated carbocycles. The molecule has 5 heteroatoms. The van der Waals surface area contributed by atoms with E-state index in [1.54, 1.807) is 23.7 Å². The summed E-state index contributed by atoms with van der Waals surface area (Å²) in [5.41, 5.74) is 2.92. The van der Waals surface area contributed by atoms with E-state index in [9.17, 15) is 4.79 Å². The highest BCUT2D eigenvalue weighted by Gasteiger charge is 2.15. The quantitative estimate of drug-likeness (QED) is 0.507. The van der Waals surface area contributed by atoms with E-state index >= 15 is 0 Å². The van der Waals surface area contributed by atoms with Crippen LogP contribution in [0.5, 0.6) is 5.75 Å². The highest BCUT2D eigenvalue weighted by atomic mass is 79.9. The van der Waals surface area contributed by atoms with E-state index in [1.807, 2.05) is 49.5 Å². The van der Waals surface area contributed by atoms with Crippen molar-refractivity contribution in [3.05, 3.63) is 70.1 Å². The molecule has 0 fully saturated rings. The van der Waals surface area contributed by atoms with Crippen molar-refractivity contribution in [3.63, 3.8) is 0 Å². The summed E-state index contributed by atoms with van der Waals surface area (Å²) in [6.45, 7) is 1.84. The number of nitrogens with zero attached hydrogens (tertiary/aromatic N) is 2. The molecule has 1 aromatic carbocycles. The van der Waals surface area contributed by atoms with Gasteiger partial charge in [-0.15, -0.1) is 0 Å². The van der Waals surface area contributed by atoms with E-state index < -0.39 is 0 Å². The average Bonchev–Trinajstić information content (AvgIpc) is 2.90. The van der Waals surface area contributed by atoms with Gasteiger partial charge in [-0.1, -0.05) is 18.2 Å².